The van der Waals surface area contributed by atoms with Crippen molar-refractivity contribution < 1.29 is 22.3 Å². The summed E-state index contributed by atoms with van der Waals surface area (Å²) in [6, 6.07) is 4.60. The number of nitrogens with one attached hydrogen (secondary N) is 2. The van der Waals surface area contributed by atoms with E-state index in [0.29, 0.717) is 16.7 Å². The smallest absolute Gasteiger partial charge is 0.416 e. The monoisotopic (exact) mass is 341 g/mol. The van der Waals surface area contributed by atoms with Gasteiger partial charge in [0.05, 0.1) is 11.1 Å². The molecule has 2 aromatic heterocycles. The van der Waals surface area contributed by atoms with Crippen LogP contribution in [0.4, 0.5) is 17.6 Å². The topological polar surface area (TPSA) is 70.8 Å². The number of aromatic amines is 2. The van der Waals surface area contributed by atoms with Crippen LogP contribution in [0, 0.1) is 0 Å². The number of halogens is 4. The van der Waals surface area contributed by atoms with Crippen LogP contribution in [0.1, 0.15) is 5.56 Å². The molecule has 9 heteroatoms. The van der Waals surface area contributed by atoms with Crippen molar-refractivity contribution in [3.05, 3.63) is 46.5 Å². The summed E-state index contributed by atoms with van der Waals surface area (Å²) in [5, 5.41) is 0. The predicted octanol–water partition coefficient (Wildman–Crippen LogP) is 3.29. The average molecular weight is 341 g/mol. The number of pyridine rings is 1. The maximum Gasteiger partial charge on any atom is 0.416 e. The Morgan fingerprint density at radius 3 is 2.58 bits per heavy atom. The van der Waals surface area contributed by atoms with Gasteiger partial charge in [-0.1, -0.05) is 0 Å². The maximum absolute atomic E-state index is 13.0. The number of nitrogens with zero attached hydrogens (tertiary/aromatic N) is 1. The summed E-state index contributed by atoms with van der Waals surface area (Å²) in [4.78, 5) is 20.2. The molecule has 0 fully saturated rings. The van der Waals surface area contributed by atoms with E-state index in [2.05, 4.69) is 15.0 Å². The second-order valence-electron chi connectivity index (χ2n) is 4.98. The van der Waals surface area contributed by atoms with E-state index in [1.54, 1.807) is 0 Å². The van der Waals surface area contributed by atoms with Crippen LogP contribution >= 0.6 is 0 Å². The lowest BCUT2D eigenvalue weighted by molar-refractivity contribution is -0.137. The first-order valence-electron chi connectivity index (χ1n) is 6.86. The van der Waals surface area contributed by atoms with Crippen molar-refractivity contribution in [3.8, 4) is 16.9 Å². The number of imidazole rings is 1. The van der Waals surface area contributed by atoms with Gasteiger partial charge in [0, 0.05) is 11.8 Å². The molecule has 0 spiro atoms. The number of hydrogen-bond donors (Lipinski definition) is 2. The Labute approximate surface area is 132 Å². The van der Waals surface area contributed by atoms with Gasteiger partial charge in [-0.05, 0) is 29.8 Å². The lowest BCUT2D eigenvalue weighted by Gasteiger charge is -2.13. The van der Waals surface area contributed by atoms with Crippen molar-refractivity contribution in [1.82, 2.24) is 15.0 Å². The van der Waals surface area contributed by atoms with E-state index in [4.69, 9.17) is 4.74 Å². The summed E-state index contributed by atoms with van der Waals surface area (Å²) >= 11 is 0. The minimum atomic E-state index is -4.58. The van der Waals surface area contributed by atoms with E-state index in [1.165, 1.54) is 18.3 Å². The zero-order valence-corrected chi connectivity index (χ0v) is 12.1. The second kappa shape index (κ2) is 5.99. The van der Waals surface area contributed by atoms with Crippen LogP contribution in [0.5, 0.6) is 5.75 Å². The Bertz CT molecular complexity index is 930. The Hall–Kier alpha value is -2.84. The highest BCUT2D eigenvalue weighted by molar-refractivity contribution is 5.78. The van der Waals surface area contributed by atoms with Gasteiger partial charge >= 0.3 is 11.9 Å². The minimum Gasteiger partial charge on any atom is -0.491 e. The Kier molecular flexibility index (Phi) is 4.00. The number of H-pyrrole nitrogens is 2. The highest BCUT2D eigenvalue weighted by Crippen LogP contribution is 2.35. The molecule has 0 saturated carbocycles. The van der Waals surface area contributed by atoms with Crippen molar-refractivity contribution in [3.63, 3.8) is 0 Å². The molecule has 2 N–H and O–H groups in total. The number of rotatable bonds is 4. The summed E-state index contributed by atoms with van der Waals surface area (Å²) in [6.45, 7) is -1.16. The molecule has 2 heterocycles. The number of hydrogen-bond acceptors (Lipinski definition) is 3. The van der Waals surface area contributed by atoms with Crippen LogP contribution in [0.3, 0.4) is 0 Å². The normalized spacial score (nSPS) is 11.8. The van der Waals surface area contributed by atoms with Crippen molar-refractivity contribution >= 4 is 11.2 Å². The Morgan fingerprint density at radius 2 is 1.88 bits per heavy atom. The number of fused-ring (bicyclic) bond motifs is 1. The first kappa shape index (κ1) is 16.0. The van der Waals surface area contributed by atoms with E-state index in [-0.39, 0.29) is 17.9 Å². The minimum absolute atomic E-state index is 0.0971. The second-order valence-corrected chi connectivity index (χ2v) is 4.98. The van der Waals surface area contributed by atoms with Crippen molar-refractivity contribution in [1.29, 1.82) is 0 Å². The van der Waals surface area contributed by atoms with Gasteiger partial charge in [0.1, 0.15) is 19.0 Å². The third kappa shape index (κ3) is 3.24. The first-order valence-corrected chi connectivity index (χ1v) is 6.86. The summed E-state index contributed by atoms with van der Waals surface area (Å²) < 4.78 is 56.3. The van der Waals surface area contributed by atoms with Crippen LogP contribution in [0.15, 0.2) is 35.3 Å². The van der Waals surface area contributed by atoms with Crippen molar-refractivity contribution in [2.24, 2.45) is 0 Å². The van der Waals surface area contributed by atoms with E-state index < -0.39 is 24.1 Å². The molecule has 0 aliphatic carbocycles. The third-order valence-corrected chi connectivity index (χ3v) is 3.28. The van der Waals surface area contributed by atoms with E-state index in [9.17, 15) is 22.4 Å². The van der Waals surface area contributed by atoms with Gasteiger partial charge in [0.15, 0.2) is 5.65 Å². The molecule has 3 rings (SSSR count). The third-order valence-electron chi connectivity index (χ3n) is 3.28. The summed E-state index contributed by atoms with van der Waals surface area (Å²) in [5.74, 6) is -0.0971. The lowest BCUT2D eigenvalue weighted by Crippen LogP contribution is -2.07. The molecule has 0 aliphatic rings. The Morgan fingerprint density at radius 1 is 1.08 bits per heavy atom. The van der Waals surface area contributed by atoms with Crippen LogP contribution in [0.2, 0.25) is 0 Å². The summed E-state index contributed by atoms with van der Waals surface area (Å²) in [5.41, 5.74) is -0.183. The van der Waals surface area contributed by atoms with E-state index in [1.807, 2.05) is 0 Å². The van der Waals surface area contributed by atoms with Gasteiger partial charge in [0.2, 0.25) is 0 Å². The van der Waals surface area contributed by atoms with Gasteiger partial charge in [-0.3, -0.25) is 4.98 Å². The molecule has 0 atom stereocenters. The molecule has 1 aromatic carbocycles. The van der Waals surface area contributed by atoms with Crippen LogP contribution in [0.25, 0.3) is 22.3 Å². The molecular weight excluding hydrogens is 330 g/mol. The van der Waals surface area contributed by atoms with Crippen LogP contribution < -0.4 is 10.4 Å². The van der Waals surface area contributed by atoms with Gasteiger partial charge in [0.25, 0.3) is 0 Å². The van der Waals surface area contributed by atoms with Gasteiger partial charge in [-0.25, -0.2) is 14.2 Å². The molecule has 0 amide bonds. The molecule has 3 aromatic rings. The molecule has 126 valence electrons. The number of ether oxygens (including phenoxy) is 1. The highest BCUT2D eigenvalue weighted by atomic mass is 19.4. The first-order chi connectivity index (χ1) is 11.4. The summed E-state index contributed by atoms with van der Waals surface area (Å²) in [7, 11) is 0. The molecule has 0 bridgehead atoms. The number of benzene rings is 1. The lowest BCUT2D eigenvalue weighted by atomic mass is 10.0. The fourth-order valence-electron chi connectivity index (χ4n) is 2.25. The molecular formula is C15H11F4N3O2. The van der Waals surface area contributed by atoms with E-state index >= 15 is 0 Å². The largest absolute Gasteiger partial charge is 0.491 e. The predicted molar refractivity (Wildman–Crippen MR) is 78.6 cm³/mol. The van der Waals surface area contributed by atoms with Crippen LogP contribution in [-0.2, 0) is 6.18 Å². The SMILES string of the molecule is O=c1[nH]c2cc(-c3cc(OCCF)cc(C(F)(F)F)c3)cnc2[nH]1. The van der Waals surface area contributed by atoms with Gasteiger partial charge < -0.3 is 9.72 Å². The maximum atomic E-state index is 13.0. The molecule has 0 unspecified atom stereocenters. The highest BCUT2D eigenvalue weighted by Gasteiger charge is 2.31. The quantitative estimate of drug-likeness (QED) is 0.716. The number of alkyl halides is 4. The van der Waals surface area contributed by atoms with E-state index in [0.717, 1.165) is 12.1 Å². The number of aromatic nitrogens is 3. The molecule has 0 saturated heterocycles. The standard InChI is InChI=1S/C15H11F4N3O2/c16-1-2-24-11-4-8(3-10(6-11)15(17,18)19)9-5-12-13(20-7-9)22-14(23)21-12/h3-7H,1-2H2,(H2,20,21,22,23). The van der Waals surface area contributed by atoms with Crippen molar-refractivity contribution in [2.75, 3.05) is 13.3 Å². The zero-order chi connectivity index (χ0) is 17.3. The fraction of sp³-hybridized carbons (Fsp3) is 0.200. The zero-order valence-electron chi connectivity index (χ0n) is 12.1. The molecule has 5 nitrogen and oxygen atoms in total. The molecule has 0 radical (unpaired) electrons. The molecule has 0 aliphatic heterocycles. The average Bonchev–Trinajstić information content (AvgIpc) is 2.90. The van der Waals surface area contributed by atoms with Gasteiger partial charge in [-0.15, -0.1) is 0 Å². The fourth-order valence-corrected chi connectivity index (χ4v) is 2.25. The van der Waals surface area contributed by atoms with Crippen LogP contribution in [-0.4, -0.2) is 28.2 Å². The summed E-state index contributed by atoms with van der Waals surface area (Å²) in [6.07, 6.45) is -3.25. The Balaban J connectivity index is 2.11. The molecule has 24 heavy (non-hydrogen) atoms. The van der Waals surface area contributed by atoms with Gasteiger partial charge in [-0.2, -0.15) is 13.2 Å². The van der Waals surface area contributed by atoms with Crippen molar-refractivity contribution in [2.45, 2.75) is 6.18 Å².